The number of carboxylic acids is 1. The van der Waals surface area contributed by atoms with E-state index in [-0.39, 0.29) is 5.56 Å². The molecule has 2 rings (SSSR count). The molecule has 21 heavy (non-hydrogen) atoms. The van der Waals surface area contributed by atoms with E-state index >= 15 is 0 Å². The molecule has 1 aromatic rings. The first kappa shape index (κ1) is 15.2. The minimum atomic E-state index is -1.22. The van der Waals surface area contributed by atoms with E-state index < -0.39 is 17.8 Å². The Morgan fingerprint density at radius 3 is 2.57 bits per heavy atom. The summed E-state index contributed by atoms with van der Waals surface area (Å²) in [6.07, 6.45) is 5.18. The van der Waals surface area contributed by atoms with Crippen molar-refractivity contribution in [2.45, 2.75) is 32.1 Å². The van der Waals surface area contributed by atoms with Gasteiger partial charge in [-0.15, -0.1) is 0 Å². The Bertz CT molecular complexity index is 523. The molecule has 114 valence electrons. The van der Waals surface area contributed by atoms with Gasteiger partial charge < -0.3 is 14.9 Å². The molecule has 1 aliphatic carbocycles. The monoisotopic (exact) mass is 293 g/mol. The van der Waals surface area contributed by atoms with Crippen LogP contribution in [0.15, 0.2) is 18.2 Å². The molecule has 1 amide bonds. The number of anilines is 1. The van der Waals surface area contributed by atoms with Crippen LogP contribution >= 0.6 is 0 Å². The van der Waals surface area contributed by atoms with Gasteiger partial charge in [-0.1, -0.05) is 19.3 Å². The number of phenols is 1. The largest absolute Gasteiger partial charge is 0.507 e. The minimum absolute atomic E-state index is 0.212. The molecule has 3 N–H and O–H groups in total. The number of hydrogen-bond acceptors (Lipinski definition) is 4. The van der Waals surface area contributed by atoms with Gasteiger partial charge in [-0.05, 0) is 30.9 Å². The molecule has 0 spiro atoms. The molecule has 1 aromatic carbocycles. The second-order valence-corrected chi connectivity index (χ2v) is 5.26. The van der Waals surface area contributed by atoms with Crippen LogP contribution in [-0.2, 0) is 4.74 Å². The predicted molar refractivity (Wildman–Crippen MR) is 76.6 cm³/mol. The Kier molecular flexibility index (Phi) is 5.03. The Morgan fingerprint density at radius 2 is 1.95 bits per heavy atom. The molecule has 0 saturated heterocycles. The number of aromatic carboxylic acids is 1. The molecular weight excluding hydrogens is 274 g/mol. The van der Waals surface area contributed by atoms with Crippen LogP contribution in [0.2, 0.25) is 0 Å². The van der Waals surface area contributed by atoms with Crippen molar-refractivity contribution in [1.82, 2.24) is 0 Å². The number of carboxylic acid groups (broad SMARTS) is 1. The molecule has 0 atom stereocenters. The third-order valence-electron chi connectivity index (χ3n) is 3.65. The molecular formula is C15H19NO5. The average Bonchev–Trinajstić information content (AvgIpc) is 2.46. The summed E-state index contributed by atoms with van der Waals surface area (Å²) >= 11 is 0. The van der Waals surface area contributed by atoms with Crippen LogP contribution in [0.25, 0.3) is 0 Å². The van der Waals surface area contributed by atoms with Crippen LogP contribution < -0.4 is 5.32 Å². The molecule has 0 aliphatic heterocycles. The van der Waals surface area contributed by atoms with Crippen LogP contribution in [0.5, 0.6) is 5.75 Å². The van der Waals surface area contributed by atoms with Gasteiger partial charge in [0.1, 0.15) is 11.3 Å². The van der Waals surface area contributed by atoms with E-state index in [4.69, 9.17) is 9.84 Å². The summed E-state index contributed by atoms with van der Waals surface area (Å²) in [5.74, 6) is -1.20. The number of nitrogens with one attached hydrogen (secondary N) is 1. The highest BCUT2D eigenvalue weighted by atomic mass is 16.5. The van der Waals surface area contributed by atoms with Crippen molar-refractivity contribution in [3.8, 4) is 5.75 Å². The highest BCUT2D eigenvalue weighted by Crippen LogP contribution is 2.24. The van der Waals surface area contributed by atoms with E-state index in [0.717, 1.165) is 12.8 Å². The second kappa shape index (κ2) is 6.97. The van der Waals surface area contributed by atoms with Gasteiger partial charge in [-0.25, -0.2) is 9.59 Å². The van der Waals surface area contributed by atoms with Crippen molar-refractivity contribution in [2.24, 2.45) is 5.92 Å². The number of hydrogen-bond donors (Lipinski definition) is 3. The Morgan fingerprint density at radius 1 is 1.24 bits per heavy atom. The zero-order valence-electron chi connectivity index (χ0n) is 11.7. The fourth-order valence-electron chi connectivity index (χ4n) is 2.49. The highest BCUT2D eigenvalue weighted by molar-refractivity contribution is 5.92. The third kappa shape index (κ3) is 4.37. The van der Waals surface area contributed by atoms with E-state index in [2.05, 4.69) is 5.32 Å². The first-order valence-electron chi connectivity index (χ1n) is 7.06. The Balaban J connectivity index is 1.84. The van der Waals surface area contributed by atoms with Crippen molar-refractivity contribution < 1.29 is 24.5 Å². The molecule has 0 bridgehead atoms. The van der Waals surface area contributed by atoms with Crippen molar-refractivity contribution >= 4 is 17.7 Å². The average molecular weight is 293 g/mol. The number of amides is 1. The maximum atomic E-state index is 11.7. The normalized spacial score (nSPS) is 15.4. The summed E-state index contributed by atoms with van der Waals surface area (Å²) in [7, 11) is 0. The van der Waals surface area contributed by atoms with Gasteiger partial charge in [0.05, 0.1) is 6.61 Å². The molecule has 6 heteroatoms. The lowest BCUT2D eigenvalue weighted by molar-refractivity contribution is 0.0693. The van der Waals surface area contributed by atoms with Crippen LogP contribution in [0.3, 0.4) is 0 Å². The molecule has 0 heterocycles. The van der Waals surface area contributed by atoms with Gasteiger partial charge >= 0.3 is 12.1 Å². The van der Waals surface area contributed by atoms with E-state index in [1.807, 2.05) is 0 Å². The molecule has 1 aliphatic rings. The summed E-state index contributed by atoms with van der Waals surface area (Å²) in [5, 5.41) is 20.8. The summed E-state index contributed by atoms with van der Waals surface area (Å²) in [6, 6.07) is 3.82. The number of ether oxygens (including phenoxy) is 1. The van der Waals surface area contributed by atoms with Gasteiger partial charge in [0.2, 0.25) is 0 Å². The maximum Gasteiger partial charge on any atom is 0.411 e. The molecule has 0 aromatic heterocycles. The van der Waals surface area contributed by atoms with Crippen LogP contribution in [0, 0.1) is 5.92 Å². The zero-order chi connectivity index (χ0) is 15.2. The van der Waals surface area contributed by atoms with E-state index in [9.17, 15) is 14.7 Å². The number of aromatic hydroxyl groups is 1. The van der Waals surface area contributed by atoms with Crippen LogP contribution in [-0.4, -0.2) is 28.9 Å². The Labute approximate surface area is 122 Å². The van der Waals surface area contributed by atoms with Crippen molar-refractivity contribution in [3.05, 3.63) is 23.8 Å². The summed E-state index contributed by atoms with van der Waals surface area (Å²) in [6.45, 7) is 0.394. The third-order valence-corrected chi connectivity index (χ3v) is 3.65. The van der Waals surface area contributed by atoms with Gasteiger partial charge in [0.25, 0.3) is 0 Å². The van der Waals surface area contributed by atoms with Gasteiger partial charge in [0.15, 0.2) is 0 Å². The van der Waals surface area contributed by atoms with Gasteiger partial charge in [0, 0.05) is 11.8 Å². The maximum absolute atomic E-state index is 11.7. The smallest absolute Gasteiger partial charge is 0.411 e. The lowest BCUT2D eigenvalue weighted by Crippen LogP contribution is -2.20. The van der Waals surface area contributed by atoms with Crippen LogP contribution in [0.1, 0.15) is 42.5 Å². The van der Waals surface area contributed by atoms with E-state index in [1.54, 1.807) is 0 Å². The number of carbonyl (C=O) groups is 2. The van der Waals surface area contributed by atoms with Crippen molar-refractivity contribution in [3.63, 3.8) is 0 Å². The highest BCUT2D eigenvalue weighted by Gasteiger charge is 2.16. The molecule has 1 saturated carbocycles. The lowest BCUT2D eigenvalue weighted by Gasteiger charge is -2.21. The topological polar surface area (TPSA) is 95.9 Å². The number of rotatable bonds is 4. The van der Waals surface area contributed by atoms with Crippen molar-refractivity contribution in [1.29, 1.82) is 0 Å². The number of carbonyl (C=O) groups excluding carboxylic acids is 1. The minimum Gasteiger partial charge on any atom is -0.507 e. The number of benzene rings is 1. The van der Waals surface area contributed by atoms with Gasteiger partial charge in [-0.3, -0.25) is 5.32 Å². The molecule has 6 nitrogen and oxygen atoms in total. The Hall–Kier alpha value is -2.24. The lowest BCUT2D eigenvalue weighted by atomic mass is 9.90. The van der Waals surface area contributed by atoms with E-state index in [1.165, 1.54) is 37.5 Å². The quantitative estimate of drug-likeness (QED) is 0.792. The predicted octanol–water partition coefficient (Wildman–Crippen LogP) is 3.22. The van der Waals surface area contributed by atoms with Crippen LogP contribution in [0.4, 0.5) is 10.5 Å². The standard InChI is InChI=1S/C15H19NO5/c17-13-8-11(6-7-12(13)14(18)19)16-15(20)21-9-10-4-2-1-3-5-10/h6-8,10,17H,1-5,9H2,(H,16,20)(H,18,19). The molecule has 1 fully saturated rings. The summed E-state index contributed by atoms with van der Waals surface area (Å²) in [5.41, 5.74) is 0.0854. The van der Waals surface area contributed by atoms with Crippen molar-refractivity contribution in [2.75, 3.05) is 11.9 Å². The summed E-state index contributed by atoms with van der Waals surface area (Å²) < 4.78 is 5.15. The van der Waals surface area contributed by atoms with Gasteiger partial charge in [-0.2, -0.15) is 0 Å². The fraction of sp³-hybridized carbons (Fsp3) is 0.467. The fourth-order valence-corrected chi connectivity index (χ4v) is 2.49. The zero-order valence-corrected chi connectivity index (χ0v) is 11.7. The first-order valence-corrected chi connectivity index (χ1v) is 7.06. The SMILES string of the molecule is O=C(Nc1ccc(C(=O)O)c(O)c1)OCC1CCCCC1. The molecule has 0 radical (unpaired) electrons. The first-order chi connectivity index (χ1) is 10.1. The molecule has 0 unspecified atom stereocenters. The second-order valence-electron chi connectivity index (χ2n) is 5.26. The summed E-state index contributed by atoms with van der Waals surface area (Å²) in [4.78, 5) is 22.4. The van der Waals surface area contributed by atoms with E-state index in [0.29, 0.717) is 18.2 Å².